The number of carboxylic acid groups (broad SMARTS) is 1. The van der Waals surface area contributed by atoms with E-state index in [0.29, 0.717) is 17.0 Å². The molecule has 0 atom stereocenters. The van der Waals surface area contributed by atoms with Crippen molar-refractivity contribution in [3.63, 3.8) is 0 Å². The van der Waals surface area contributed by atoms with E-state index in [2.05, 4.69) is 0 Å². The van der Waals surface area contributed by atoms with Gasteiger partial charge in [0.15, 0.2) is 0 Å². The maximum absolute atomic E-state index is 12.5. The summed E-state index contributed by atoms with van der Waals surface area (Å²) in [5.74, 6) is -0.346. The van der Waals surface area contributed by atoms with Gasteiger partial charge in [0.25, 0.3) is 0 Å². The Morgan fingerprint density at radius 2 is 1.86 bits per heavy atom. The summed E-state index contributed by atoms with van der Waals surface area (Å²) in [6, 6.07) is 3.54. The van der Waals surface area contributed by atoms with Gasteiger partial charge >= 0.3 is 5.97 Å². The fraction of sp³-hybridized carbons (Fsp3) is 0.333. The van der Waals surface area contributed by atoms with E-state index < -0.39 is 11.4 Å². The monoisotopic (exact) mass is 289 g/mol. The first kappa shape index (κ1) is 13.5. The van der Waals surface area contributed by atoms with Crippen molar-refractivity contribution in [2.45, 2.75) is 18.9 Å². The summed E-state index contributed by atoms with van der Waals surface area (Å²) in [6.07, 6.45) is 3.32. The SMILES string of the molecule is COc1ccc(OC)c2c1c(=O)c(C(=O)O)cn2C1CC1. The van der Waals surface area contributed by atoms with Crippen LogP contribution in [0.2, 0.25) is 0 Å². The van der Waals surface area contributed by atoms with Gasteiger partial charge < -0.3 is 19.1 Å². The van der Waals surface area contributed by atoms with Crippen LogP contribution in [0, 0.1) is 0 Å². The summed E-state index contributed by atoms with van der Waals surface area (Å²) in [4.78, 5) is 23.8. The summed E-state index contributed by atoms with van der Waals surface area (Å²) in [7, 11) is 2.98. The Bertz CT molecular complexity index is 789. The number of nitrogens with zero attached hydrogens (tertiary/aromatic N) is 1. The minimum Gasteiger partial charge on any atom is -0.496 e. The zero-order valence-electron chi connectivity index (χ0n) is 11.8. The first-order valence-electron chi connectivity index (χ1n) is 6.61. The highest BCUT2D eigenvalue weighted by Gasteiger charge is 2.29. The second-order valence-electron chi connectivity index (χ2n) is 5.01. The second-order valence-corrected chi connectivity index (χ2v) is 5.01. The number of methoxy groups -OCH3 is 2. The van der Waals surface area contributed by atoms with Crippen molar-refractivity contribution in [2.75, 3.05) is 14.2 Å². The van der Waals surface area contributed by atoms with Crippen LogP contribution in [0.5, 0.6) is 11.5 Å². The minimum absolute atomic E-state index is 0.201. The molecule has 0 amide bonds. The number of rotatable bonds is 4. The zero-order valence-corrected chi connectivity index (χ0v) is 11.8. The Balaban J connectivity index is 2.51. The van der Waals surface area contributed by atoms with E-state index >= 15 is 0 Å². The first-order chi connectivity index (χ1) is 10.1. The molecule has 2 aromatic rings. The van der Waals surface area contributed by atoms with Crippen molar-refractivity contribution in [3.05, 3.63) is 34.1 Å². The molecule has 1 fully saturated rings. The summed E-state index contributed by atoms with van der Waals surface area (Å²) in [6.45, 7) is 0. The van der Waals surface area contributed by atoms with E-state index in [1.165, 1.54) is 20.4 Å². The quantitative estimate of drug-likeness (QED) is 0.932. The van der Waals surface area contributed by atoms with Crippen molar-refractivity contribution in [3.8, 4) is 11.5 Å². The van der Waals surface area contributed by atoms with Crippen LogP contribution in [0.25, 0.3) is 10.9 Å². The van der Waals surface area contributed by atoms with Crippen LogP contribution in [0.1, 0.15) is 29.2 Å². The standard InChI is InChI=1S/C15H15NO5/c1-20-10-5-6-11(21-2)13-12(10)14(17)9(15(18)19)7-16(13)8-3-4-8/h5-8H,3-4H2,1-2H3,(H,18,19). The average Bonchev–Trinajstić information content (AvgIpc) is 3.30. The predicted molar refractivity (Wildman–Crippen MR) is 76.5 cm³/mol. The molecule has 1 saturated carbocycles. The van der Waals surface area contributed by atoms with E-state index in [9.17, 15) is 14.7 Å². The molecule has 0 spiro atoms. The molecule has 21 heavy (non-hydrogen) atoms. The molecule has 1 aromatic heterocycles. The third kappa shape index (κ3) is 2.03. The molecule has 3 rings (SSSR count). The number of hydrogen-bond donors (Lipinski definition) is 1. The van der Waals surface area contributed by atoms with Gasteiger partial charge in [0.1, 0.15) is 17.1 Å². The molecule has 6 heteroatoms. The molecule has 6 nitrogen and oxygen atoms in total. The lowest BCUT2D eigenvalue weighted by Crippen LogP contribution is -2.19. The molecule has 1 heterocycles. The topological polar surface area (TPSA) is 77.8 Å². The van der Waals surface area contributed by atoms with Gasteiger partial charge in [0.05, 0.1) is 25.1 Å². The highest BCUT2D eigenvalue weighted by molar-refractivity contribution is 5.97. The molecule has 1 aliphatic carbocycles. The maximum Gasteiger partial charge on any atom is 0.341 e. The van der Waals surface area contributed by atoms with Gasteiger partial charge in [-0.05, 0) is 25.0 Å². The van der Waals surface area contributed by atoms with Gasteiger partial charge in [-0.1, -0.05) is 0 Å². The van der Waals surface area contributed by atoms with Gasteiger partial charge in [0.2, 0.25) is 5.43 Å². The number of carbonyl (C=O) groups is 1. The van der Waals surface area contributed by atoms with Gasteiger partial charge in [-0.15, -0.1) is 0 Å². The molecule has 1 N–H and O–H groups in total. The lowest BCUT2D eigenvalue weighted by molar-refractivity contribution is 0.0695. The molecule has 0 aliphatic heterocycles. The number of pyridine rings is 1. The van der Waals surface area contributed by atoms with Crippen molar-refractivity contribution < 1.29 is 19.4 Å². The second kappa shape index (κ2) is 4.80. The van der Waals surface area contributed by atoms with E-state index in [1.54, 1.807) is 12.1 Å². The fourth-order valence-corrected chi connectivity index (χ4v) is 2.55. The van der Waals surface area contributed by atoms with Gasteiger partial charge in [-0.25, -0.2) is 4.79 Å². The Hall–Kier alpha value is -2.50. The third-order valence-corrected chi connectivity index (χ3v) is 3.71. The highest BCUT2D eigenvalue weighted by Crippen LogP contribution is 2.41. The van der Waals surface area contributed by atoms with Crippen molar-refractivity contribution in [1.82, 2.24) is 4.57 Å². The number of hydrogen-bond acceptors (Lipinski definition) is 4. The zero-order chi connectivity index (χ0) is 15.1. The molecular formula is C15H15NO5. The van der Waals surface area contributed by atoms with E-state index in [-0.39, 0.29) is 17.0 Å². The van der Waals surface area contributed by atoms with E-state index in [0.717, 1.165) is 12.8 Å². The summed E-state index contributed by atoms with van der Waals surface area (Å²) < 4.78 is 12.4. The number of ether oxygens (including phenoxy) is 2. The van der Waals surface area contributed by atoms with Crippen molar-refractivity contribution in [2.24, 2.45) is 0 Å². The minimum atomic E-state index is -1.24. The van der Waals surface area contributed by atoms with Gasteiger partial charge in [0, 0.05) is 12.2 Å². The summed E-state index contributed by atoms with van der Waals surface area (Å²) >= 11 is 0. The van der Waals surface area contributed by atoms with E-state index in [4.69, 9.17) is 9.47 Å². The largest absolute Gasteiger partial charge is 0.496 e. The van der Waals surface area contributed by atoms with Crippen LogP contribution in [0.15, 0.2) is 23.1 Å². The van der Waals surface area contributed by atoms with Crippen molar-refractivity contribution >= 4 is 16.9 Å². The van der Waals surface area contributed by atoms with Crippen LogP contribution in [-0.2, 0) is 0 Å². The van der Waals surface area contributed by atoms with Crippen molar-refractivity contribution in [1.29, 1.82) is 0 Å². The predicted octanol–water partition coefficient (Wildman–Crippen LogP) is 2.05. The Morgan fingerprint density at radius 3 is 2.38 bits per heavy atom. The normalized spacial score (nSPS) is 14.2. The number of aromatic carboxylic acids is 1. The molecule has 0 saturated heterocycles. The highest BCUT2D eigenvalue weighted by atomic mass is 16.5. The van der Waals surface area contributed by atoms with Gasteiger partial charge in [-0.3, -0.25) is 4.79 Å². The van der Waals surface area contributed by atoms with Crippen LogP contribution in [-0.4, -0.2) is 29.9 Å². The summed E-state index contributed by atoms with van der Waals surface area (Å²) in [5, 5.41) is 9.51. The van der Waals surface area contributed by atoms with Crippen LogP contribution in [0.4, 0.5) is 0 Å². The molecule has 0 unspecified atom stereocenters. The maximum atomic E-state index is 12.5. The Kier molecular flexibility index (Phi) is 3.08. The lowest BCUT2D eigenvalue weighted by Gasteiger charge is -2.16. The third-order valence-electron chi connectivity index (χ3n) is 3.71. The molecule has 110 valence electrons. The average molecular weight is 289 g/mol. The first-order valence-corrected chi connectivity index (χ1v) is 6.61. The lowest BCUT2D eigenvalue weighted by atomic mass is 10.1. The van der Waals surface area contributed by atoms with Crippen LogP contribution < -0.4 is 14.9 Å². The number of fused-ring (bicyclic) bond motifs is 1. The Morgan fingerprint density at radius 1 is 1.24 bits per heavy atom. The fourth-order valence-electron chi connectivity index (χ4n) is 2.55. The summed E-state index contributed by atoms with van der Waals surface area (Å²) in [5.41, 5.74) is -0.208. The molecule has 0 radical (unpaired) electrons. The van der Waals surface area contributed by atoms with Crippen LogP contribution in [0.3, 0.4) is 0 Å². The Labute approximate surface area is 120 Å². The number of carboxylic acids is 1. The number of benzene rings is 1. The van der Waals surface area contributed by atoms with Gasteiger partial charge in [-0.2, -0.15) is 0 Å². The smallest absolute Gasteiger partial charge is 0.341 e. The molecular weight excluding hydrogens is 274 g/mol. The van der Waals surface area contributed by atoms with E-state index in [1.807, 2.05) is 4.57 Å². The molecule has 1 aromatic carbocycles. The molecule has 0 bridgehead atoms. The van der Waals surface area contributed by atoms with Crippen LogP contribution >= 0.6 is 0 Å². The molecule has 1 aliphatic rings. The number of aromatic nitrogens is 1.